The van der Waals surface area contributed by atoms with Crippen LogP contribution in [0.25, 0.3) is 11.0 Å². The number of nitrogens with one attached hydrogen (secondary N) is 2. The van der Waals surface area contributed by atoms with Crippen molar-refractivity contribution in [2.24, 2.45) is 7.05 Å². The molecule has 0 fully saturated rings. The summed E-state index contributed by atoms with van der Waals surface area (Å²) >= 11 is 1.69. The zero-order valence-corrected chi connectivity index (χ0v) is 19.7. The molecule has 2 N–H and O–H groups in total. The Morgan fingerprint density at radius 3 is 2.81 bits per heavy atom. The minimum atomic E-state index is -0.555. The maximum absolute atomic E-state index is 13.1. The van der Waals surface area contributed by atoms with Crippen LogP contribution in [0.15, 0.2) is 35.5 Å². The van der Waals surface area contributed by atoms with E-state index in [1.807, 2.05) is 46.9 Å². The average Bonchev–Trinajstić information content (AvgIpc) is 3.08. The summed E-state index contributed by atoms with van der Waals surface area (Å²) in [6.07, 6.45) is 3.72. The fourth-order valence-corrected chi connectivity index (χ4v) is 4.88. The number of rotatable bonds is 3. The van der Waals surface area contributed by atoms with E-state index in [-0.39, 0.29) is 11.9 Å². The van der Waals surface area contributed by atoms with E-state index in [0.717, 1.165) is 33.6 Å². The first kappa shape index (κ1) is 22.1. The summed E-state index contributed by atoms with van der Waals surface area (Å²) < 4.78 is 7.09. The lowest BCUT2D eigenvalue weighted by Crippen LogP contribution is -2.36. The number of aromatic nitrogens is 3. The largest absolute Gasteiger partial charge is 0.444 e. The van der Waals surface area contributed by atoms with Gasteiger partial charge in [0.2, 0.25) is 0 Å². The molecule has 0 radical (unpaired) electrons. The van der Waals surface area contributed by atoms with E-state index in [4.69, 9.17) is 4.74 Å². The van der Waals surface area contributed by atoms with Gasteiger partial charge in [0.05, 0.1) is 23.3 Å². The number of hydrogen-bond acceptors (Lipinski definition) is 6. The third-order valence-electron chi connectivity index (χ3n) is 5.22. The summed E-state index contributed by atoms with van der Waals surface area (Å²) in [6.45, 7) is 7.43. The molecule has 1 aromatic carbocycles. The molecule has 168 valence electrons. The molecular formula is C23H27N5O3S. The normalized spacial score (nSPS) is 15.8. The van der Waals surface area contributed by atoms with Gasteiger partial charge in [-0.05, 0) is 57.4 Å². The fourth-order valence-electron chi connectivity index (χ4n) is 3.74. The Labute approximate surface area is 191 Å². The van der Waals surface area contributed by atoms with Crippen LogP contribution >= 0.6 is 11.8 Å². The molecule has 4 rings (SSSR count). The van der Waals surface area contributed by atoms with Crippen molar-refractivity contribution in [2.45, 2.75) is 50.7 Å². The molecule has 0 aliphatic carbocycles. The van der Waals surface area contributed by atoms with Crippen molar-refractivity contribution >= 4 is 40.5 Å². The number of anilines is 1. The minimum Gasteiger partial charge on any atom is -0.444 e. The van der Waals surface area contributed by atoms with Crippen molar-refractivity contribution in [3.63, 3.8) is 0 Å². The molecule has 0 spiro atoms. The number of ether oxygens (including phenoxy) is 1. The molecule has 0 saturated carbocycles. The quantitative estimate of drug-likeness (QED) is 0.602. The Balaban J connectivity index is 1.57. The second kappa shape index (κ2) is 8.46. The number of nitrogens with zero attached hydrogens (tertiary/aromatic N) is 3. The highest BCUT2D eigenvalue weighted by Crippen LogP contribution is 2.38. The van der Waals surface area contributed by atoms with Crippen LogP contribution in [-0.4, -0.2) is 38.1 Å². The van der Waals surface area contributed by atoms with E-state index in [1.165, 1.54) is 0 Å². The standard InChI is InChI=1S/C23H27N5O3S/c1-13-10-15-18(27-22(30)31-23(2,3)4)7-9-32-19(15)11-14(13)21(29)26-17-6-8-24-20-16(17)12-25-28(20)5/h6,8,10-12,18H,7,9H2,1-5H3,(H,27,30)(H,24,26,29). The van der Waals surface area contributed by atoms with Crippen LogP contribution in [0.3, 0.4) is 0 Å². The average molecular weight is 454 g/mol. The molecular weight excluding hydrogens is 426 g/mol. The topological polar surface area (TPSA) is 98.1 Å². The van der Waals surface area contributed by atoms with Gasteiger partial charge in [-0.25, -0.2) is 9.78 Å². The first-order valence-corrected chi connectivity index (χ1v) is 11.5. The van der Waals surface area contributed by atoms with Crippen LogP contribution < -0.4 is 10.6 Å². The van der Waals surface area contributed by atoms with Crippen LogP contribution in [0.1, 0.15) is 54.7 Å². The highest BCUT2D eigenvalue weighted by Gasteiger charge is 2.27. The van der Waals surface area contributed by atoms with Gasteiger partial charge in [-0.3, -0.25) is 9.48 Å². The molecule has 1 unspecified atom stereocenters. The van der Waals surface area contributed by atoms with Gasteiger partial charge in [0, 0.05) is 29.5 Å². The van der Waals surface area contributed by atoms with Crippen molar-refractivity contribution < 1.29 is 14.3 Å². The van der Waals surface area contributed by atoms with Crippen LogP contribution in [-0.2, 0) is 11.8 Å². The maximum atomic E-state index is 13.1. The SMILES string of the molecule is Cc1cc2c(cc1C(=O)Nc1ccnc3c1cnn3C)SCCC2NC(=O)OC(C)(C)C. The fraction of sp³-hybridized carbons (Fsp3) is 0.391. The highest BCUT2D eigenvalue weighted by molar-refractivity contribution is 7.99. The predicted octanol–water partition coefficient (Wildman–Crippen LogP) is 4.59. The Morgan fingerprint density at radius 2 is 2.06 bits per heavy atom. The zero-order chi connectivity index (χ0) is 23.0. The van der Waals surface area contributed by atoms with Gasteiger partial charge in [0.15, 0.2) is 5.65 Å². The van der Waals surface area contributed by atoms with E-state index >= 15 is 0 Å². The van der Waals surface area contributed by atoms with E-state index in [2.05, 4.69) is 20.7 Å². The highest BCUT2D eigenvalue weighted by atomic mass is 32.2. The third-order valence-corrected chi connectivity index (χ3v) is 6.32. The van der Waals surface area contributed by atoms with Gasteiger partial charge < -0.3 is 15.4 Å². The molecule has 3 aromatic rings. The van der Waals surface area contributed by atoms with Crippen LogP contribution in [0.2, 0.25) is 0 Å². The van der Waals surface area contributed by atoms with Crippen LogP contribution in [0.5, 0.6) is 0 Å². The summed E-state index contributed by atoms with van der Waals surface area (Å²) in [5.74, 6) is 0.655. The summed E-state index contributed by atoms with van der Waals surface area (Å²) in [6, 6.07) is 5.53. The molecule has 32 heavy (non-hydrogen) atoms. The van der Waals surface area contributed by atoms with Crippen molar-refractivity contribution in [2.75, 3.05) is 11.1 Å². The number of pyridine rings is 1. The van der Waals surface area contributed by atoms with E-state index in [0.29, 0.717) is 16.9 Å². The number of benzene rings is 1. The monoisotopic (exact) mass is 453 g/mol. The van der Waals surface area contributed by atoms with Gasteiger partial charge in [-0.1, -0.05) is 6.07 Å². The third kappa shape index (κ3) is 4.57. The molecule has 3 heterocycles. The molecule has 8 nitrogen and oxygen atoms in total. The van der Waals surface area contributed by atoms with Crippen molar-refractivity contribution in [1.29, 1.82) is 0 Å². The van der Waals surface area contributed by atoms with Gasteiger partial charge in [-0.15, -0.1) is 11.8 Å². The molecule has 1 aliphatic heterocycles. The summed E-state index contributed by atoms with van der Waals surface area (Å²) in [7, 11) is 1.81. The van der Waals surface area contributed by atoms with E-state index in [9.17, 15) is 9.59 Å². The van der Waals surface area contributed by atoms with E-state index in [1.54, 1.807) is 34.9 Å². The molecule has 1 aliphatic rings. The number of hydrogen-bond donors (Lipinski definition) is 2. The lowest BCUT2D eigenvalue weighted by molar-refractivity contribution is 0.0501. The number of alkyl carbamates (subject to hydrolysis) is 1. The number of thioether (sulfide) groups is 1. The Bertz CT molecular complexity index is 1200. The molecule has 1 atom stereocenters. The van der Waals surface area contributed by atoms with Crippen LogP contribution in [0, 0.1) is 6.92 Å². The number of carbonyl (C=O) groups excluding carboxylic acids is 2. The van der Waals surface area contributed by atoms with E-state index < -0.39 is 11.7 Å². The second-order valence-corrected chi connectivity index (χ2v) is 10.00. The van der Waals surface area contributed by atoms with Gasteiger partial charge in [0.25, 0.3) is 5.91 Å². The Kier molecular flexibility index (Phi) is 5.85. The number of aryl methyl sites for hydroxylation is 2. The second-order valence-electron chi connectivity index (χ2n) is 8.86. The number of carbonyl (C=O) groups is 2. The summed E-state index contributed by atoms with van der Waals surface area (Å²) in [4.78, 5) is 30.7. The van der Waals surface area contributed by atoms with Crippen LogP contribution in [0.4, 0.5) is 10.5 Å². The molecule has 0 bridgehead atoms. The van der Waals surface area contributed by atoms with Gasteiger partial charge in [-0.2, -0.15) is 5.10 Å². The predicted molar refractivity (Wildman–Crippen MR) is 125 cm³/mol. The smallest absolute Gasteiger partial charge is 0.408 e. The maximum Gasteiger partial charge on any atom is 0.408 e. The molecule has 0 saturated heterocycles. The number of amides is 2. The first-order chi connectivity index (χ1) is 15.1. The molecule has 9 heteroatoms. The Hall–Kier alpha value is -3.07. The van der Waals surface area contributed by atoms with Crippen molar-refractivity contribution in [3.8, 4) is 0 Å². The number of fused-ring (bicyclic) bond motifs is 2. The van der Waals surface area contributed by atoms with Crippen molar-refractivity contribution in [3.05, 3.63) is 47.3 Å². The summed E-state index contributed by atoms with van der Waals surface area (Å²) in [5, 5.41) is 11.0. The van der Waals surface area contributed by atoms with Gasteiger partial charge in [0.1, 0.15) is 5.60 Å². The van der Waals surface area contributed by atoms with Crippen molar-refractivity contribution in [1.82, 2.24) is 20.1 Å². The minimum absolute atomic E-state index is 0.146. The molecule has 2 amide bonds. The zero-order valence-electron chi connectivity index (χ0n) is 18.9. The molecule has 2 aromatic heterocycles. The summed E-state index contributed by atoms with van der Waals surface area (Å²) in [5.41, 5.74) is 3.28. The lowest BCUT2D eigenvalue weighted by Gasteiger charge is -2.28. The first-order valence-electron chi connectivity index (χ1n) is 10.5. The lowest BCUT2D eigenvalue weighted by atomic mass is 9.97. The Morgan fingerprint density at radius 1 is 1.28 bits per heavy atom. The van der Waals surface area contributed by atoms with Gasteiger partial charge >= 0.3 is 6.09 Å².